The molecule has 0 saturated heterocycles. The first-order valence-corrected chi connectivity index (χ1v) is 15.4. The molecule has 1 heterocycles. The van der Waals surface area contributed by atoms with Crippen molar-refractivity contribution in [1.29, 1.82) is 0 Å². The van der Waals surface area contributed by atoms with E-state index < -0.39 is 8.25 Å². The van der Waals surface area contributed by atoms with Gasteiger partial charge in [0.1, 0.15) is 22.9 Å². The number of hydrogen-bond acceptors (Lipinski definition) is 7. The lowest BCUT2D eigenvalue weighted by molar-refractivity contribution is 0.0991. The van der Waals surface area contributed by atoms with E-state index in [2.05, 4.69) is 38.2 Å². The number of nitrogens with zero attached hydrogens (tertiary/aromatic N) is 1. The maximum atomic E-state index is 13.8. The van der Waals surface area contributed by atoms with Gasteiger partial charge in [-0.3, -0.25) is 4.79 Å². The molecule has 1 aliphatic rings. The monoisotopic (exact) mass is 582 g/mol. The Labute approximate surface area is 244 Å². The number of anilines is 3. The zero-order chi connectivity index (χ0) is 29.9. The van der Waals surface area contributed by atoms with Crippen LogP contribution in [0.5, 0.6) is 17.2 Å². The molecule has 0 radical (unpaired) electrons. The van der Waals surface area contributed by atoms with Crippen molar-refractivity contribution in [2.75, 3.05) is 23.4 Å². The summed E-state index contributed by atoms with van der Waals surface area (Å²) in [7, 11) is -2.85. The standard InChI is InChI=1S/C32H43N2O6P/c1-6-7-19-39-41(38)40-25-20-27-31(29(36)21-25)33-30-26(15-10-16-28(30)35)32(37)34(27)18-17-24(5)14-9-13-23(4)12-8-11-22(2)3/h10-11,13,15-17,20-21,33,35-36,41H,6-9,12,14,18-19H2,1-5H3/b23-13+,24-17+. The number of hydrogen-bond donors (Lipinski definition) is 3. The number of carbonyl (C=O) groups is 1. The van der Waals surface area contributed by atoms with E-state index >= 15 is 0 Å². The van der Waals surface area contributed by atoms with Gasteiger partial charge in [-0.1, -0.05) is 54.4 Å². The fourth-order valence-electron chi connectivity index (χ4n) is 4.41. The van der Waals surface area contributed by atoms with Gasteiger partial charge in [0.2, 0.25) is 0 Å². The van der Waals surface area contributed by atoms with Gasteiger partial charge in [-0.2, -0.15) is 0 Å². The number of allylic oxidation sites excluding steroid dienone is 5. The number of aromatic hydroxyl groups is 2. The zero-order valence-corrected chi connectivity index (χ0v) is 25.8. The van der Waals surface area contributed by atoms with E-state index in [4.69, 9.17) is 9.05 Å². The smallest absolute Gasteiger partial charge is 0.367 e. The van der Waals surface area contributed by atoms with Crippen LogP contribution in [0.15, 0.2) is 65.3 Å². The number of fused-ring (bicyclic) bond motifs is 2. The molecule has 3 rings (SSSR count). The van der Waals surface area contributed by atoms with Crippen molar-refractivity contribution in [1.82, 2.24) is 0 Å². The Hall–Kier alpha value is -3.48. The highest BCUT2D eigenvalue weighted by atomic mass is 31.1. The molecule has 1 amide bonds. The van der Waals surface area contributed by atoms with Crippen LogP contribution >= 0.6 is 8.25 Å². The Balaban J connectivity index is 1.85. The molecule has 0 aliphatic carbocycles. The molecule has 3 N–H and O–H groups in total. The predicted octanol–water partition coefficient (Wildman–Crippen LogP) is 8.81. The van der Waals surface area contributed by atoms with Gasteiger partial charge in [-0.15, -0.1) is 0 Å². The van der Waals surface area contributed by atoms with Crippen molar-refractivity contribution in [2.24, 2.45) is 0 Å². The summed E-state index contributed by atoms with van der Waals surface area (Å²) in [5, 5.41) is 24.5. The van der Waals surface area contributed by atoms with Crippen molar-refractivity contribution in [2.45, 2.75) is 73.1 Å². The number of phenolic OH excluding ortho intramolecular Hbond substituents is 2. The molecule has 41 heavy (non-hydrogen) atoms. The molecule has 222 valence electrons. The SMILES string of the molecule is CCCCO[PH](=O)Oc1cc(O)c2c(c1)N(C/C=C(\C)CC/C=C(\C)CCC=C(C)C)C(=O)c1cccc(O)c1N2. The second-order valence-electron chi connectivity index (χ2n) is 10.6. The van der Waals surface area contributed by atoms with E-state index in [0.29, 0.717) is 12.3 Å². The average molecular weight is 583 g/mol. The minimum Gasteiger partial charge on any atom is -0.506 e. The van der Waals surface area contributed by atoms with Gasteiger partial charge in [0.25, 0.3) is 5.91 Å². The van der Waals surface area contributed by atoms with E-state index in [1.54, 1.807) is 18.2 Å². The zero-order valence-electron chi connectivity index (χ0n) is 24.8. The molecule has 0 fully saturated rings. The molecule has 1 aliphatic heterocycles. The number of nitrogens with one attached hydrogen (secondary N) is 1. The molecule has 2 aromatic carbocycles. The molecule has 0 saturated carbocycles. The van der Waals surface area contributed by atoms with Crippen LogP contribution in [0.3, 0.4) is 0 Å². The summed E-state index contributed by atoms with van der Waals surface area (Å²) in [5.41, 5.74) is 4.84. The molecule has 0 spiro atoms. The van der Waals surface area contributed by atoms with Gasteiger partial charge >= 0.3 is 8.25 Å². The fourth-order valence-corrected chi connectivity index (χ4v) is 5.09. The average Bonchev–Trinajstić information content (AvgIpc) is 3.02. The van der Waals surface area contributed by atoms with Gasteiger partial charge in [-0.25, -0.2) is 4.57 Å². The number of para-hydroxylation sites is 1. The van der Waals surface area contributed by atoms with Crippen molar-refractivity contribution in [3.05, 3.63) is 70.8 Å². The molecular weight excluding hydrogens is 539 g/mol. The van der Waals surface area contributed by atoms with Crippen molar-refractivity contribution in [3.63, 3.8) is 0 Å². The first kappa shape index (κ1) is 32.0. The largest absolute Gasteiger partial charge is 0.506 e. The summed E-state index contributed by atoms with van der Waals surface area (Å²) in [4.78, 5) is 15.3. The lowest BCUT2D eigenvalue weighted by atomic mass is 10.1. The number of carbonyl (C=O) groups excluding carboxylic acids is 1. The number of phenols is 2. The van der Waals surface area contributed by atoms with Crippen LogP contribution in [-0.2, 0) is 9.09 Å². The maximum absolute atomic E-state index is 13.8. The van der Waals surface area contributed by atoms with Gasteiger partial charge in [0.05, 0.1) is 23.5 Å². The number of unbranched alkanes of at least 4 members (excludes halogenated alkanes) is 1. The molecule has 8 nitrogen and oxygen atoms in total. The second kappa shape index (κ2) is 15.5. The molecule has 1 unspecified atom stereocenters. The summed E-state index contributed by atoms with van der Waals surface area (Å²) < 4.78 is 23.1. The third-order valence-corrected chi connectivity index (χ3v) is 7.64. The normalized spacial score (nSPS) is 14.1. The lowest BCUT2D eigenvalue weighted by Gasteiger charge is -2.23. The molecular formula is C32H43N2O6P. The molecule has 9 heteroatoms. The third kappa shape index (κ3) is 9.27. The van der Waals surface area contributed by atoms with Crippen LogP contribution in [0.2, 0.25) is 0 Å². The Morgan fingerprint density at radius 1 is 0.976 bits per heavy atom. The van der Waals surface area contributed by atoms with Crippen LogP contribution in [0.4, 0.5) is 17.1 Å². The van der Waals surface area contributed by atoms with E-state index in [1.165, 1.54) is 28.2 Å². The summed E-state index contributed by atoms with van der Waals surface area (Å²) in [6.07, 6.45) is 12.0. The Morgan fingerprint density at radius 3 is 2.39 bits per heavy atom. The van der Waals surface area contributed by atoms with Crippen LogP contribution in [0.25, 0.3) is 0 Å². The van der Waals surface area contributed by atoms with Crippen molar-refractivity contribution < 1.29 is 28.6 Å². The van der Waals surface area contributed by atoms with Crippen LogP contribution < -0.4 is 14.7 Å². The summed E-state index contributed by atoms with van der Waals surface area (Å²) in [6.45, 7) is 10.9. The molecule has 1 atom stereocenters. The van der Waals surface area contributed by atoms with Crippen LogP contribution in [0.1, 0.15) is 83.5 Å². The van der Waals surface area contributed by atoms with E-state index in [1.807, 2.05) is 19.9 Å². The van der Waals surface area contributed by atoms with Gasteiger partial charge in [-0.05, 0) is 71.9 Å². The fraction of sp³-hybridized carbons (Fsp3) is 0.406. The number of benzene rings is 2. The van der Waals surface area contributed by atoms with Gasteiger partial charge in [0, 0.05) is 18.7 Å². The predicted molar refractivity (Wildman–Crippen MR) is 167 cm³/mol. The Morgan fingerprint density at radius 2 is 1.68 bits per heavy atom. The van der Waals surface area contributed by atoms with Crippen LogP contribution in [0, 0.1) is 0 Å². The maximum Gasteiger partial charge on any atom is 0.367 e. The summed E-state index contributed by atoms with van der Waals surface area (Å²) >= 11 is 0. The highest BCUT2D eigenvalue weighted by Gasteiger charge is 2.30. The van der Waals surface area contributed by atoms with Crippen LogP contribution in [-0.4, -0.2) is 29.3 Å². The van der Waals surface area contributed by atoms with Gasteiger partial charge in [0.15, 0.2) is 0 Å². The van der Waals surface area contributed by atoms with Gasteiger partial charge < -0.3 is 29.5 Å². The van der Waals surface area contributed by atoms with E-state index in [-0.39, 0.29) is 46.6 Å². The Kier molecular flexibility index (Phi) is 12.1. The van der Waals surface area contributed by atoms with E-state index in [9.17, 15) is 19.6 Å². The lowest BCUT2D eigenvalue weighted by Crippen LogP contribution is -2.30. The van der Waals surface area contributed by atoms with Crippen molar-refractivity contribution >= 4 is 31.2 Å². The molecule has 0 aromatic heterocycles. The minimum absolute atomic E-state index is 0.115. The topological polar surface area (TPSA) is 108 Å². The first-order chi connectivity index (χ1) is 19.6. The van der Waals surface area contributed by atoms with Crippen molar-refractivity contribution in [3.8, 4) is 17.2 Å². The number of rotatable bonds is 14. The summed E-state index contributed by atoms with van der Waals surface area (Å²) in [6, 6.07) is 7.57. The highest BCUT2D eigenvalue weighted by Crippen LogP contribution is 2.47. The quantitative estimate of drug-likeness (QED) is 0.0884. The Bertz CT molecular complexity index is 1340. The summed E-state index contributed by atoms with van der Waals surface area (Å²) in [5.74, 6) is -0.573. The number of amides is 1. The highest BCUT2D eigenvalue weighted by molar-refractivity contribution is 7.33. The third-order valence-electron chi connectivity index (χ3n) is 6.79. The second-order valence-corrected chi connectivity index (χ2v) is 11.6. The first-order valence-electron chi connectivity index (χ1n) is 14.2. The minimum atomic E-state index is -2.85. The molecule has 0 bridgehead atoms. The van der Waals surface area contributed by atoms with E-state index in [0.717, 1.165) is 44.1 Å². The molecule has 2 aromatic rings.